The molecule has 1 aliphatic heterocycles. The highest BCUT2D eigenvalue weighted by molar-refractivity contribution is 5.94. The predicted molar refractivity (Wildman–Crippen MR) is 108 cm³/mol. The molecule has 0 unspecified atom stereocenters. The van der Waals surface area contributed by atoms with Crippen molar-refractivity contribution in [2.24, 2.45) is 5.73 Å². The molecule has 7 heteroatoms. The van der Waals surface area contributed by atoms with Gasteiger partial charge in [-0.25, -0.2) is 0 Å². The van der Waals surface area contributed by atoms with Crippen LogP contribution in [0.1, 0.15) is 19.4 Å². The van der Waals surface area contributed by atoms with E-state index in [1.807, 2.05) is 30.5 Å². The molecule has 0 amide bonds. The summed E-state index contributed by atoms with van der Waals surface area (Å²) in [6.45, 7) is 3.90. The molecule has 2 heterocycles. The highest BCUT2D eigenvalue weighted by atomic mass is 16.5. The van der Waals surface area contributed by atoms with Crippen molar-refractivity contribution in [1.82, 2.24) is 4.98 Å². The minimum absolute atomic E-state index is 0. The van der Waals surface area contributed by atoms with Gasteiger partial charge in [-0.2, -0.15) is 0 Å². The number of aromatic nitrogens is 1. The lowest BCUT2D eigenvalue weighted by Gasteiger charge is -2.37. The number of rotatable bonds is 6. The second kappa shape index (κ2) is 9.56. The summed E-state index contributed by atoms with van der Waals surface area (Å²) < 4.78 is 5.16. The smallest absolute Gasteiger partial charge is 0.313 e. The molecule has 1 aromatic carbocycles. The zero-order valence-corrected chi connectivity index (χ0v) is 14.6. The molecule has 1 saturated heterocycles. The molecule has 0 aliphatic carbocycles. The van der Waals surface area contributed by atoms with Crippen LogP contribution in [-0.4, -0.2) is 43.0 Å². The van der Waals surface area contributed by atoms with Gasteiger partial charge in [-0.15, -0.1) is 0 Å². The van der Waals surface area contributed by atoms with Crippen LogP contribution in [0.15, 0.2) is 48.8 Å². The number of hydrogen-bond acceptors (Lipinski definition) is 6. The number of amidine groups is 1. The van der Waals surface area contributed by atoms with Crippen molar-refractivity contribution in [1.29, 1.82) is 5.41 Å². The van der Waals surface area contributed by atoms with Gasteiger partial charge >= 0.3 is 5.97 Å². The monoisotopic (exact) mass is 369 g/mol. The maximum Gasteiger partial charge on any atom is 0.313 e. The molecular formula is C20H27N5O2. The summed E-state index contributed by atoms with van der Waals surface area (Å²) in [7, 11) is 0. The van der Waals surface area contributed by atoms with Crippen LogP contribution in [0, 0.1) is 5.41 Å². The van der Waals surface area contributed by atoms with Crippen molar-refractivity contribution in [3.8, 4) is 0 Å². The van der Waals surface area contributed by atoms with E-state index in [0.717, 1.165) is 43.1 Å². The standard InChI is InChI=1S/C19H23N5O2.CH4/c20-18(21)12-19(25)26-14-15-3-1-4-16(11-15)23-7-9-24(10-8-23)17-5-2-6-22-13-17;/h1-6,11,13H,7-10,12,14H2,(H3,20,21);1H4. The Morgan fingerprint density at radius 3 is 2.41 bits per heavy atom. The molecule has 144 valence electrons. The molecule has 0 saturated carbocycles. The van der Waals surface area contributed by atoms with Gasteiger partial charge in [0, 0.05) is 38.1 Å². The predicted octanol–water partition coefficient (Wildman–Crippen LogP) is 2.41. The van der Waals surface area contributed by atoms with Gasteiger partial charge in [0.1, 0.15) is 18.9 Å². The molecule has 27 heavy (non-hydrogen) atoms. The van der Waals surface area contributed by atoms with Crippen molar-refractivity contribution in [2.75, 3.05) is 36.0 Å². The van der Waals surface area contributed by atoms with Gasteiger partial charge < -0.3 is 20.3 Å². The lowest BCUT2D eigenvalue weighted by Crippen LogP contribution is -2.46. The maximum absolute atomic E-state index is 11.5. The van der Waals surface area contributed by atoms with E-state index in [-0.39, 0.29) is 26.3 Å². The number of carbonyl (C=O) groups excluding carboxylic acids is 1. The zero-order valence-electron chi connectivity index (χ0n) is 14.6. The average molecular weight is 369 g/mol. The van der Waals surface area contributed by atoms with Gasteiger partial charge in [-0.1, -0.05) is 19.6 Å². The van der Waals surface area contributed by atoms with Gasteiger partial charge in [0.15, 0.2) is 0 Å². The molecule has 7 nitrogen and oxygen atoms in total. The molecule has 0 bridgehead atoms. The highest BCUT2D eigenvalue weighted by Gasteiger charge is 2.18. The lowest BCUT2D eigenvalue weighted by atomic mass is 10.1. The first-order chi connectivity index (χ1) is 12.6. The summed E-state index contributed by atoms with van der Waals surface area (Å²) >= 11 is 0. The van der Waals surface area contributed by atoms with Crippen molar-refractivity contribution in [2.45, 2.75) is 20.5 Å². The quantitative estimate of drug-likeness (QED) is 0.461. The number of hydrogen-bond donors (Lipinski definition) is 2. The minimum atomic E-state index is -0.479. The van der Waals surface area contributed by atoms with Crippen LogP contribution < -0.4 is 15.5 Å². The number of nitrogens with two attached hydrogens (primary N) is 1. The summed E-state index contributed by atoms with van der Waals surface area (Å²) in [5.41, 5.74) is 8.40. The van der Waals surface area contributed by atoms with Crippen LogP contribution in [0.5, 0.6) is 0 Å². The van der Waals surface area contributed by atoms with Gasteiger partial charge in [-0.3, -0.25) is 15.2 Å². The third-order valence-electron chi connectivity index (χ3n) is 4.30. The average Bonchev–Trinajstić information content (AvgIpc) is 2.67. The molecule has 1 fully saturated rings. The Bertz CT molecular complexity index is 758. The number of esters is 1. The number of piperazine rings is 1. The number of nitrogens with one attached hydrogen (secondary N) is 1. The summed E-state index contributed by atoms with van der Waals surface area (Å²) in [4.78, 5) is 20.4. The summed E-state index contributed by atoms with van der Waals surface area (Å²) in [5.74, 6) is -0.664. The van der Waals surface area contributed by atoms with Crippen LogP contribution in [-0.2, 0) is 16.1 Å². The second-order valence-electron chi connectivity index (χ2n) is 6.22. The van der Waals surface area contributed by atoms with Crippen LogP contribution in [0.3, 0.4) is 0 Å². The summed E-state index contributed by atoms with van der Waals surface area (Å²) in [6, 6.07) is 12.0. The van der Waals surface area contributed by atoms with Crippen molar-refractivity contribution in [3.05, 3.63) is 54.4 Å². The molecule has 3 N–H and O–H groups in total. The molecule has 2 aromatic rings. The molecule has 0 spiro atoms. The van der Waals surface area contributed by atoms with Crippen LogP contribution >= 0.6 is 0 Å². The van der Waals surface area contributed by atoms with Crippen LogP contribution in [0.4, 0.5) is 11.4 Å². The normalized spacial score (nSPS) is 13.6. The van der Waals surface area contributed by atoms with Crippen molar-refractivity contribution in [3.63, 3.8) is 0 Å². The van der Waals surface area contributed by atoms with E-state index < -0.39 is 5.97 Å². The minimum Gasteiger partial charge on any atom is -0.460 e. The molecule has 3 rings (SSSR count). The topological polar surface area (TPSA) is 95.5 Å². The van der Waals surface area contributed by atoms with E-state index in [4.69, 9.17) is 15.9 Å². The lowest BCUT2D eigenvalue weighted by molar-refractivity contribution is -0.143. The first-order valence-corrected chi connectivity index (χ1v) is 8.59. The van der Waals surface area contributed by atoms with E-state index in [0.29, 0.717) is 0 Å². The Morgan fingerprint density at radius 2 is 1.78 bits per heavy atom. The zero-order chi connectivity index (χ0) is 18.4. The van der Waals surface area contributed by atoms with Crippen LogP contribution in [0.25, 0.3) is 0 Å². The Balaban J connectivity index is 0.00000261. The SMILES string of the molecule is C.N=C(N)CC(=O)OCc1cccc(N2CCN(c3cccnc3)CC2)c1. The maximum atomic E-state index is 11.5. The van der Waals surface area contributed by atoms with Crippen molar-refractivity contribution >= 4 is 23.2 Å². The van der Waals surface area contributed by atoms with Crippen molar-refractivity contribution < 1.29 is 9.53 Å². The van der Waals surface area contributed by atoms with E-state index in [1.165, 1.54) is 0 Å². The van der Waals surface area contributed by atoms with E-state index in [1.54, 1.807) is 6.20 Å². The Hall–Kier alpha value is -3.09. The Labute approximate surface area is 160 Å². The van der Waals surface area contributed by atoms with Gasteiger partial charge in [0.05, 0.1) is 11.9 Å². The fourth-order valence-corrected chi connectivity index (χ4v) is 2.98. The second-order valence-corrected chi connectivity index (χ2v) is 6.22. The van der Waals surface area contributed by atoms with Gasteiger partial charge in [-0.05, 0) is 29.8 Å². The Kier molecular flexibility index (Phi) is 7.16. The fourth-order valence-electron chi connectivity index (χ4n) is 2.98. The number of benzene rings is 1. The van der Waals surface area contributed by atoms with Gasteiger partial charge in [0.2, 0.25) is 0 Å². The van der Waals surface area contributed by atoms with E-state index in [9.17, 15) is 4.79 Å². The molecule has 1 aliphatic rings. The third kappa shape index (κ3) is 5.70. The molecular weight excluding hydrogens is 342 g/mol. The number of nitrogens with zero attached hydrogens (tertiary/aromatic N) is 3. The Morgan fingerprint density at radius 1 is 1.11 bits per heavy atom. The van der Waals surface area contributed by atoms with Gasteiger partial charge in [0.25, 0.3) is 0 Å². The molecule has 0 radical (unpaired) electrons. The number of carbonyl (C=O) groups is 1. The first-order valence-electron chi connectivity index (χ1n) is 8.59. The van der Waals surface area contributed by atoms with E-state index in [2.05, 4.69) is 26.9 Å². The van der Waals surface area contributed by atoms with Crippen LogP contribution in [0.2, 0.25) is 0 Å². The largest absolute Gasteiger partial charge is 0.460 e. The number of anilines is 2. The number of pyridine rings is 1. The third-order valence-corrected chi connectivity index (χ3v) is 4.30. The molecule has 1 aromatic heterocycles. The fraction of sp³-hybridized carbons (Fsp3) is 0.350. The summed E-state index contributed by atoms with van der Waals surface area (Å²) in [5, 5.41) is 7.12. The molecule has 0 atom stereocenters. The highest BCUT2D eigenvalue weighted by Crippen LogP contribution is 2.21. The number of ether oxygens (including phenoxy) is 1. The van der Waals surface area contributed by atoms with E-state index >= 15 is 0 Å². The first kappa shape index (κ1) is 20.2. The summed E-state index contributed by atoms with van der Waals surface area (Å²) in [6.07, 6.45) is 3.51.